The van der Waals surface area contributed by atoms with Crippen LogP contribution in [0, 0.1) is 0 Å². The second-order valence-corrected chi connectivity index (χ2v) is 2.77. The van der Waals surface area contributed by atoms with Crippen LogP contribution in [0.1, 0.15) is 6.42 Å². The minimum Gasteiger partial charge on any atom is -0.395 e. The Bertz CT molecular complexity index is 97.1. The average molecular weight is 130 g/mol. The predicted octanol–water partition coefficient (Wildman–Crippen LogP) is -0.990. The molecule has 0 saturated carbocycles. The highest BCUT2D eigenvalue weighted by Crippen LogP contribution is 2.12. The van der Waals surface area contributed by atoms with Gasteiger partial charge in [0.2, 0.25) is 0 Å². The quantitative estimate of drug-likeness (QED) is 0.479. The van der Waals surface area contributed by atoms with Crippen LogP contribution in [-0.2, 0) is 0 Å². The number of rotatable bonds is 1. The smallest absolute Gasteiger partial charge is 0.0587 e. The maximum Gasteiger partial charge on any atom is 0.0587 e. The van der Waals surface area contributed by atoms with Crippen molar-refractivity contribution in [1.29, 1.82) is 0 Å². The fourth-order valence-electron chi connectivity index (χ4n) is 1.34. The minimum absolute atomic E-state index is 0.240. The van der Waals surface area contributed by atoms with Crippen molar-refractivity contribution < 1.29 is 5.11 Å². The number of likely N-dealkylation sites (tertiary alicyclic amines) is 1. The van der Waals surface area contributed by atoms with Crippen molar-refractivity contribution in [3.8, 4) is 0 Å². The highest BCUT2D eigenvalue weighted by molar-refractivity contribution is 4.84. The molecule has 0 aromatic heterocycles. The Kier molecular flexibility index (Phi) is 2.05. The van der Waals surface area contributed by atoms with E-state index in [1.165, 1.54) is 0 Å². The van der Waals surface area contributed by atoms with E-state index in [0.29, 0.717) is 6.04 Å². The lowest BCUT2D eigenvalue weighted by atomic mass is 10.2. The Hall–Kier alpha value is -0.120. The third kappa shape index (κ3) is 1.41. The van der Waals surface area contributed by atoms with Gasteiger partial charge in [-0.25, -0.2) is 0 Å². The Morgan fingerprint density at radius 1 is 1.78 bits per heavy atom. The molecule has 1 aliphatic heterocycles. The number of aliphatic hydroxyl groups excluding tert-OH is 1. The van der Waals surface area contributed by atoms with Crippen LogP contribution >= 0.6 is 0 Å². The summed E-state index contributed by atoms with van der Waals surface area (Å²) in [6.45, 7) is 1.16. The van der Waals surface area contributed by atoms with Gasteiger partial charge in [0.15, 0.2) is 0 Å². The molecule has 1 heterocycles. The van der Waals surface area contributed by atoms with E-state index < -0.39 is 0 Å². The van der Waals surface area contributed by atoms with Crippen molar-refractivity contribution in [2.45, 2.75) is 18.5 Å². The van der Waals surface area contributed by atoms with Gasteiger partial charge in [0.25, 0.3) is 0 Å². The number of aliphatic hydroxyl groups is 1. The number of nitrogens with two attached hydrogens (primary N) is 1. The minimum atomic E-state index is 0.240. The van der Waals surface area contributed by atoms with Crippen molar-refractivity contribution in [2.75, 3.05) is 20.2 Å². The van der Waals surface area contributed by atoms with Crippen LogP contribution in [0.5, 0.6) is 0 Å². The highest BCUT2D eigenvalue weighted by Gasteiger charge is 2.25. The lowest BCUT2D eigenvalue weighted by molar-refractivity contribution is 0.182. The molecule has 0 spiro atoms. The van der Waals surface area contributed by atoms with Crippen LogP contribution in [0.4, 0.5) is 0 Å². The molecule has 3 heteroatoms. The van der Waals surface area contributed by atoms with E-state index in [1.807, 2.05) is 7.05 Å². The molecule has 9 heavy (non-hydrogen) atoms. The lowest BCUT2D eigenvalue weighted by Crippen LogP contribution is -2.28. The first-order valence-electron chi connectivity index (χ1n) is 3.30. The molecule has 2 atom stereocenters. The van der Waals surface area contributed by atoms with Crippen LogP contribution in [-0.4, -0.2) is 42.3 Å². The van der Waals surface area contributed by atoms with Crippen LogP contribution in [0.25, 0.3) is 0 Å². The van der Waals surface area contributed by atoms with E-state index in [-0.39, 0.29) is 12.6 Å². The SMILES string of the molecule is CN1CC(N)C[C@@H]1CO. The normalized spacial score (nSPS) is 37.7. The number of nitrogens with zero attached hydrogens (tertiary/aromatic N) is 1. The molecule has 1 aliphatic rings. The Balaban J connectivity index is 2.38. The number of hydrogen-bond acceptors (Lipinski definition) is 3. The number of hydrogen-bond donors (Lipinski definition) is 2. The molecule has 1 fully saturated rings. The van der Waals surface area contributed by atoms with Crippen LogP contribution in [0.15, 0.2) is 0 Å². The topological polar surface area (TPSA) is 49.5 Å². The summed E-state index contributed by atoms with van der Waals surface area (Å²) in [6.07, 6.45) is 0.938. The molecule has 3 nitrogen and oxygen atoms in total. The van der Waals surface area contributed by atoms with E-state index in [2.05, 4.69) is 4.90 Å². The fraction of sp³-hybridized carbons (Fsp3) is 1.00. The zero-order valence-corrected chi connectivity index (χ0v) is 5.75. The second-order valence-electron chi connectivity index (χ2n) is 2.77. The largest absolute Gasteiger partial charge is 0.395 e. The van der Waals surface area contributed by atoms with Gasteiger partial charge in [-0.15, -0.1) is 0 Å². The monoisotopic (exact) mass is 130 g/mol. The summed E-state index contributed by atoms with van der Waals surface area (Å²) in [5.74, 6) is 0. The first-order valence-corrected chi connectivity index (χ1v) is 3.30. The van der Waals surface area contributed by atoms with Gasteiger partial charge in [-0.1, -0.05) is 0 Å². The van der Waals surface area contributed by atoms with E-state index in [4.69, 9.17) is 10.8 Å². The average Bonchev–Trinajstić information content (AvgIpc) is 2.10. The third-order valence-corrected chi connectivity index (χ3v) is 1.93. The predicted molar refractivity (Wildman–Crippen MR) is 36.1 cm³/mol. The fourth-order valence-corrected chi connectivity index (χ4v) is 1.34. The zero-order chi connectivity index (χ0) is 6.85. The van der Waals surface area contributed by atoms with Crippen molar-refractivity contribution in [2.24, 2.45) is 5.73 Å². The lowest BCUT2D eigenvalue weighted by Gasteiger charge is -2.14. The first-order chi connectivity index (χ1) is 4.24. The summed E-state index contributed by atoms with van der Waals surface area (Å²) < 4.78 is 0. The Morgan fingerprint density at radius 2 is 2.44 bits per heavy atom. The van der Waals surface area contributed by atoms with Crippen molar-refractivity contribution in [3.05, 3.63) is 0 Å². The van der Waals surface area contributed by atoms with Crippen molar-refractivity contribution >= 4 is 0 Å². The van der Waals surface area contributed by atoms with E-state index in [9.17, 15) is 0 Å². The van der Waals surface area contributed by atoms with Crippen molar-refractivity contribution in [1.82, 2.24) is 4.90 Å². The molecule has 0 aromatic carbocycles. The van der Waals surface area contributed by atoms with Gasteiger partial charge >= 0.3 is 0 Å². The molecule has 1 saturated heterocycles. The highest BCUT2D eigenvalue weighted by atomic mass is 16.3. The second kappa shape index (κ2) is 2.64. The van der Waals surface area contributed by atoms with E-state index in [0.717, 1.165) is 13.0 Å². The molecule has 3 N–H and O–H groups in total. The maximum absolute atomic E-state index is 8.76. The van der Waals surface area contributed by atoms with Gasteiger partial charge < -0.3 is 10.8 Å². The van der Waals surface area contributed by atoms with Crippen LogP contribution in [0.2, 0.25) is 0 Å². The maximum atomic E-state index is 8.76. The summed E-state index contributed by atoms with van der Waals surface area (Å²) >= 11 is 0. The van der Waals surface area contributed by atoms with Gasteiger partial charge in [0, 0.05) is 18.6 Å². The van der Waals surface area contributed by atoms with Gasteiger partial charge in [-0.3, -0.25) is 4.90 Å². The van der Waals surface area contributed by atoms with Crippen molar-refractivity contribution in [3.63, 3.8) is 0 Å². The van der Waals surface area contributed by atoms with Gasteiger partial charge in [-0.2, -0.15) is 0 Å². The Labute approximate surface area is 55.5 Å². The summed E-state index contributed by atoms with van der Waals surface area (Å²) in [5.41, 5.74) is 5.64. The summed E-state index contributed by atoms with van der Waals surface area (Å²) in [6, 6.07) is 0.576. The van der Waals surface area contributed by atoms with Gasteiger partial charge in [-0.05, 0) is 13.5 Å². The molecule has 1 rings (SSSR count). The molecule has 0 bridgehead atoms. The zero-order valence-electron chi connectivity index (χ0n) is 5.75. The standard InChI is InChI=1S/C6H14N2O/c1-8-3-5(7)2-6(8)4-9/h5-6,9H,2-4,7H2,1H3/t5?,6-/m1/s1. The molecule has 54 valence electrons. The molecule has 0 amide bonds. The van der Waals surface area contributed by atoms with Crippen LogP contribution < -0.4 is 5.73 Å². The molecule has 0 aromatic rings. The van der Waals surface area contributed by atoms with Gasteiger partial charge in [0.1, 0.15) is 0 Å². The summed E-state index contributed by atoms with van der Waals surface area (Å²) in [5, 5.41) is 8.76. The first kappa shape index (κ1) is 6.99. The summed E-state index contributed by atoms with van der Waals surface area (Å²) in [7, 11) is 1.99. The molecule has 0 radical (unpaired) electrons. The summed E-state index contributed by atoms with van der Waals surface area (Å²) in [4.78, 5) is 2.10. The number of likely N-dealkylation sites (N-methyl/N-ethyl adjacent to an activating group) is 1. The third-order valence-electron chi connectivity index (χ3n) is 1.93. The molecule has 0 aliphatic carbocycles. The van der Waals surface area contributed by atoms with Crippen LogP contribution in [0.3, 0.4) is 0 Å². The molecular weight excluding hydrogens is 116 g/mol. The Morgan fingerprint density at radius 3 is 2.67 bits per heavy atom. The van der Waals surface area contributed by atoms with E-state index >= 15 is 0 Å². The van der Waals surface area contributed by atoms with E-state index in [1.54, 1.807) is 0 Å². The molecule has 1 unspecified atom stereocenters. The molecular formula is C6H14N2O. The van der Waals surface area contributed by atoms with Gasteiger partial charge in [0.05, 0.1) is 6.61 Å².